The van der Waals surface area contributed by atoms with E-state index < -0.39 is 11.8 Å². The lowest BCUT2D eigenvalue weighted by atomic mass is 10.1. The van der Waals surface area contributed by atoms with Gasteiger partial charge in [0.2, 0.25) is 0 Å². The highest BCUT2D eigenvalue weighted by molar-refractivity contribution is 9.10. The summed E-state index contributed by atoms with van der Waals surface area (Å²) in [6.07, 6.45) is 2.45. The fraction of sp³-hybridized carbons (Fsp3) is 0.273. The van der Waals surface area contributed by atoms with Crippen molar-refractivity contribution in [2.75, 3.05) is 11.6 Å². The lowest BCUT2D eigenvalue weighted by Gasteiger charge is -2.17. The van der Waals surface area contributed by atoms with Crippen LogP contribution in [0.4, 0.5) is 5.69 Å². The molecular formula is C22H23BrN2O4. The highest BCUT2D eigenvalue weighted by atomic mass is 79.9. The molecule has 1 atom stereocenters. The number of carbonyl (C=O) groups is 2. The largest absolute Gasteiger partial charge is 0.490 e. The molecule has 152 valence electrons. The normalized spacial score (nSPS) is 16.1. The molecule has 1 aliphatic rings. The van der Waals surface area contributed by atoms with Gasteiger partial charge in [0, 0.05) is 4.47 Å². The van der Waals surface area contributed by atoms with Crippen LogP contribution in [0.25, 0.3) is 6.08 Å². The summed E-state index contributed by atoms with van der Waals surface area (Å²) < 4.78 is 12.4. The van der Waals surface area contributed by atoms with Gasteiger partial charge in [0.15, 0.2) is 11.5 Å². The first-order chi connectivity index (χ1) is 13.9. The van der Waals surface area contributed by atoms with E-state index in [0.29, 0.717) is 33.8 Å². The number of hydrogen-bond donors (Lipinski definition) is 1. The molecule has 0 aromatic heterocycles. The number of benzene rings is 2. The summed E-state index contributed by atoms with van der Waals surface area (Å²) in [5.74, 6) is 0.312. The van der Waals surface area contributed by atoms with Crippen LogP contribution in [0, 0.1) is 0 Å². The van der Waals surface area contributed by atoms with E-state index in [9.17, 15) is 9.59 Å². The molecule has 2 aromatic carbocycles. The van der Waals surface area contributed by atoms with Crippen molar-refractivity contribution in [2.45, 2.75) is 33.3 Å². The summed E-state index contributed by atoms with van der Waals surface area (Å²) in [5, 5.41) is 1.24. The summed E-state index contributed by atoms with van der Waals surface area (Å²) in [4.78, 5) is 25.2. The molecule has 0 spiro atoms. The monoisotopic (exact) mass is 458 g/mol. The van der Waals surface area contributed by atoms with Gasteiger partial charge in [-0.2, -0.15) is 0 Å². The van der Waals surface area contributed by atoms with Gasteiger partial charge in [-0.15, -0.1) is 0 Å². The number of halogens is 1. The number of para-hydroxylation sites is 1. The second-order valence-corrected chi connectivity index (χ2v) is 7.42. The summed E-state index contributed by atoms with van der Waals surface area (Å²) >= 11 is 3.51. The average molecular weight is 459 g/mol. The van der Waals surface area contributed by atoms with E-state index in [2.05, 4.69) is 21.4 Å². The molecule has 0 aliphatic carbocycles. The molecule has 2 aromatic rings. The molecular weight excluding hydrogens is 436 g/mol. The number of hydrogen-bond acceptors (Lipinski definition) is 4. The molecule has 3 rings (SSSR count). The molecule has 1 N–H and O–H groups in total. The van der Waals surface area contributed by atoms with Crippen LogP contribution in [-0.2, 0) is 9.59 Å². The molecule has 1 unspecified atom stereocenters. The van der Waals surface area contributed by atoms with Crippen molar-refractivity contribution in [3.8, 4) is 11.5 Å². The summed E-state index contributed by atoms with van der Waals surface area (Å²) in [6.45, 7) is 6.38. The predicted molar refractivity (Wildman–Crippen MR) is 116 cm³/mol. The van der Waals surface area contributed by atoms with Gasteiger partial charge in [-0.05, 0) is 56.2 Å². The van der Waals surface area contributed by atoms with Gasteiger partial charge in [-0.1, -0.05) is 41.1 Å². The van der Waals surface area contributed by atoms with E-state index in [-0.39, 0.29) is 11.7 Å². The minimum absolute atomic E-state index is 0.0342. The minimum Gasteiger partial charge on any atom is -0.490 e. The lowest BCUT2D eigenvalue weighted by Crippen LogP contribution is -2.35. The van der Waals surface area contributed by atoms with E-state index in [4.69, 9.17) is 9.47 Å². The van der Waals surface area contributed by atoms with Crippen molar-refractivity contribution in [1.29, 1.82) is 0 Å². The van der Waals surface area contributed by atoms with Crippen LogP contribution in [-0.4, -0.2) is 24.5 Å². The van der Waals surface area contributed by atoms with E-state index >= 15 is 0 Å². The fourth-order valence-electron chi connectivity index (χ4n) is 2.79. The SMILES string of the molecule is CCOc1cc(C=C2C(=O)NN(c3ccccc3)C2=O)c(Br)cc1OC(C)CC. The lowest BCUT2D eigenvalue weighted by molar-refractivity contribution is -0.117. The predicted octanol–water partition coefficient (Wildman–Crippen LogP) is 4.49. The standard InChI is InChI=1S/C22H23BrN2O4/c1-4-14(3)29-20-13-18(23)15(12-19(20)28-5-2)11-17-21(26)24-25(22(17)27)16-9-7-6-8-10-16/h6-14H,4-5H2,1-3H3,(H,24,26). The molecule has 0 radical (unpaired) electrons. The van der Waals surface area contributed by atoms with Crippen molar-refractivity contribution >= 4 is 39.5 Å². The van der Waals surface area contributed by atoms with Crippen molar-refractivity contribution in [3.05, 3.63) is 58.1 Å². The Balaban J connectivity index is 1.95. The van der Waals surface area contributed by atoms with Gasteiger partial charge in [-0.25, -0.2) is 5.01 Å². The van der Waals surface area contributed by atoms with E-state index in [1.807, 2.05) is 26.8 Å². The van der Waals surface area contributed by atoms with Crippen LogP contribution in [0.3, 0.4) is 0 Å². The van der Waals surface area contributed by atoms with Crippen molar-refractivity contribution in [2.24, 2.45) is 0 Å². The van der Waals surface area contributed by atoms with Crippen LogP contribution in [0.5, 0.6) is 11.5 Å². The zero-order chi connectivity index (χ0) is 21.0. The van der Waals surface area contributed by atoms with E-state index in [1.54, 1.807) is 42.5 Å². The zero-order valence-corrected chi connectivity index (χ0v) is 18.2. The number of carbonyl (C=O) groups excluding carboxylic acids is 2. The highest BCUT2D eigenvalue weighted by Crippen LogP contribution is 2.36. The Kier molecular flexibility index (Phi) is 6.59. The third-order valence-electron chi connectivity index (χ3n) is 4.47. The number of nitrogens with zero attached hydrogens (tertiary/aromatic N) is 1. The zero-order valence-electron chi connectivity index (χ0n) is 16.6. The van der Waals surface area contributed by atoms with Crippen LogP contribution in [0.2, 0.25) is 0 Å². The van der Waals surface area contributed by atoms with Crippen molar-refractivity contribution in [1.82, 2.24) is 5.43 Å². The third kappa shape index (κ3) is 4.62. The number of anilines is 1. The van der Waals surface area contributed by atoms with Gasteiger partial charge >= 0.3 is 0 Å². The number of amides is 2. The molecule has 1 fully saturated rings. The van der Waals surface area contributed by atoms with E-state index in [1.165, 1.54) is 5.01 Å². The van der Waals surface area contributed by atoms with Gasteiger partial charge in [0.25, 0.3) is 11.8 Å². The van der Waals surface area contributed by atoms with Crippen molar-refractivity contribution in [3.63, 3.8) is 0 Å². The Morgan fingerprint density at radius 2 is 1.86 bits per heavy atom. The maximum absolute atomic E-state index is 12.8. The maximum Gasteiger partial charge on any atom is 0.282 e. The average Bonchev–Trinajstić information content (AvgIpc) is 3.00. The first kappa shape index (κ1) is 20.9. The first-order valence-electron chi connectivity index (χ1n) is 9.49. The Hall–Kier alpha value is -2.80. The number of hydrazine groups is 1. The number of ether oxygens (including phenoxy) is 2. The summed E-state index contributed by atoms with van der Waals surface area (Å²) in [5.41, 5.74) is 3.90. The van der Waals surface area contributed by atoms with Crippen LogP contribution >= 0.6 is 15.9 Å². The topological polar surface area (TPSA) is 67.9 Å². The second-order valence-electron chi connectivity index (χ2n) is 6.57. The molecule has 1 heterocycles. The Morgan fingerprint density at radius 1 is 1.14 bits per heavy atom. The molecule has 0 saturated carbocycles. The van der Waals surface area contributed by atoms with Crippen LogP contribution < -0.4 is 19.9 Å². The molecule has 29 heavy (non-hydrogen) atoms. The van der Waals surface area contributed by atoms with Gasteiger partial charge < -0.3 is 9.47 Å². The van der Waals surface area contributed by atoms with Crippen LogP contribution in [0.1, 0.15) is 32.8 Å². The number of nitrogens with one attached hydrogen (secondary N) is 1. The fourth-order valence-corrected chi connectivity index (χ4v) is 3.23. The van der Waals surface area contributed by atoms with Crippen LogP contribution in [0.15, 0.2) is 52.5 Å². The summed E-state index contributed by atoms with van der Waals surface area (Å²) in [6, 6.07) is 12.5. The second kappa shape index (κ2) is 9.13. The molecule has 2 amide bonds. The maximum atomic E-state index is 12.8. The quantitative estimate of drug-likeness (QED) is 0.490. The first-order valence-corrected chi connectivity index (χ1v) is 10.3. The van der Waals surface area contributed by atoms with Gasteiger partial charge in [0.1, 0.15) is 5.57 Å². The molecule has 6 nitrogen and oxygen atoms in total. The summed E-state index contributed by atoms with van der Waals surface area (Å²) in [7, 11) is 0. The molecule has 7 heteroatoms. The Bertz CT molecular complexity index is 943. The molecule has 0 bridgehead atoms. The smallest absolute Gasteiger partial charge is 0.282 e. The van der Waals surface area contributed by atoms with Gasteiger partial charge in [0.05, 0.1) is 18.4 Å². The Labute approximate surface area is 178 Å². The van der Waals surface area contributed by atoms with E-state index in [0.717, 1.165) is 6.42 Å². The number of rotatable bonds is 7. The molecule has 1 saturated heterocycles. The highest BCUT2D eigenvalue weighted by Gasteiger charge is 2.34. The Morgan fingerprint density at radius 3 is 2.52 bits per heavy atom. The van der Waals surface area contributed by atoms with Gasteiger partial charge in [-0.3, -0.25) is 15.0 Å². The van der Waals surface area contributed by atoms with Crippen molar-refractivity contribution < 1.29 is 19.1 Å². The molecule has 1 aliphatic heterocycles. The third-order valence-corrected chi connectivity index (χ3v) is 5.16. The minimum atomic E-state index is -0.455.